The summed E-state index contributed by atoms with van der Waals surface area (Å²) in [7, 11) is 1.70. The van der Waals surface area contributed by atoms with Gasteiger partial charge in [-0.3, -0.25) is 4.90 Å². The van der Waals surface area contributed by atoms with Crippen LogP contribution in [0, 0.1) is 5.82 Å². The molecule has 1 aliphatic rings. The number of halogens is 2. The van der Waals surface area contributed by atoms with Crippen LogP contribution in [0.15, 0.2) is 42.5 Å². The number of thiocarbonyl (C=S) groups is 1. The summed E-state index contributed by atoms with van der Waals surface area (Å²) in [6.45, 7) is 2.75. The molecule has 0 spiro atoms. The van der Waals surface area contributed by atoms with Crippen molar-refractivity contribution >= 4 is 34.6 Å². The molecule has 1 unspecified atom stereocenters. The number of likely N-dealkylation sites (tertiary alicyclic amines) is 1. The predicted molar refractivity (Wildman–Crippen MR) is 117 cm³/mol. The van der Waals surface area contributed by atoms with Crippen LogP contribution in [0.3, 0.4) is 0 Å². The van der Waals surface area contributed by atoms with Crippen molar-refractivity contribution in [3.05, 3.63) is 58.9 Å². The van der Waals surface area contributed by atoms with Crippen LogP contribution in [-0.2, 0) is 0 Å². The maximum atomic E-state index is 13.3. The van der Waals surface area contributed by atoms with Gasteiger partial charge in [-0.1, -0.05) is 36.2 Å². The zero-order valence-electron chi connectivity index (χ0n) is 15.9. The third-order valence-electron chi connectivity index (χ3n) is 4.96. The number of benzene rings is 2. The zero-order chi connectivity index (χ0) is 19.9. The fourth-order valence-corrected chi connectivity index (χ4v) is 3.93. The molecule has 0 radical (unpaired) electrons. The first-order chi connectivity index (χ1) is 13.6. The lowest BCUT2D eigenvalue weighted by molar-refractivity contribution is 0.162. The molecular weight excluding hydrogens is 397 g/mol. The standard InChI is InChI=1S/C21H25ClFN3OS/c1-27-20-8-4-3-7-16(20)19(26-11-5-2-6-12-26)14-24-21(28)25-15-9-10-18(23)17(22)13-15/h3-4,7-10,13,19H,2,5-6,11-12,14H2,1H3,(H2,24,25,28). The first kappa shape index (κ1) is 20.8. The van der Waals surface area contributed by atoms with Gasteiger partial charge in [0.2, 0.25) is 0 Å². The van der Waals surface area contributed by atoms with E-state index in [1.165, 1.54) is 31.4 Å². The van der Waals surface area contributed by atoms with Gasteiger partial charge < -0.3 is 15.4 Å². The van der Waals surface area contributed by atoms with Crippen LogP contribution in [-0.4, -0.2) is 36.8 Å². The number of hydrogen-bond acceptors (Lipinski definition) is 3. The lowest BCUT2D eigenvalue weighted by atomic mass is 10.0. The summed E-state index contributed by atoms with van der Waals surface area (Å²) in [4.78, 5) is 2.48. The molecule has 0 saturated carbocycles. The van der Waals surface area contributed by atoms with Gasteiger partial charge in [0.25, 0.3) is 0 Å². The Labute approximate surface area is 176 Å². The fraction of sp³-hybridized carbons (Fsp3) is 0.381. The summed E-state index contributed by atoms with van der Waals surface area (Å²) in [6, 6.07) is 12.7. The summed E-state index contributed by atoms with van der Waals surface area (Å²) in [6.07, 6.45) is 3.67. The van der Waals surface area contributed by atoms with Gasteiger partial charge >= 0.3 is 0 Å². The average Bonchev–Trinajstić information content (AvgIpc) is 2.72. The van der Waals surface area contributed by atoms with Gasteiger partial charge in [0.05, 0.1) is 18.2 Å². The van der Waals surface area contributed by atoms with E-state index in [9.17, 15) is 4.39 Å². The Bertz CT molecular complexity index is 814. The fourth-order valence-electron chi connectivity index (χ4n) is 3.55. The first-order valence-electron chi connectivity index (χ1n) is 9.45. The number of hydrogen-bond donors (Lipinski definition) is 2. The number of anilines is 1. The normalized spacial score (nSPS) is 15.7. The molecule has 28 heavy (non-hydrogen) atoms. The third-order valence-corrected chi connectivity index (χ3v) is 5.50. The van der Waals surface area contributed by atoms with E-state index in [1.807, 2.05) is 18.2 Å². The molecule has 3 rings (SSSR count). The largest absolute Gasteiger partial charge is 0.496 e. The van der Waals surface area contributed by atoms with Gasteiger partial charge in [0, 0.05) is 17.8 Å². The van der Waals surface area contributed by atoms with E-state index in [1.54, 1.807) is 13.2 Å². The van der Waals surface area contributed by atoms with Crippen LogP contribution < -0.4 is 15.4 Å². The summed E-state index contributed by atoms with van der Waals surface area (Å²) < 4.78 is 18.9. The van der Waals surface area contributed by atoms with E-state index >= 15 is 0 Å². The number of nitrogens with zero attached hydrogens (tertiary/aromatic N) is 1. The molecule has 1 aliphatic heterocycles. The Morgan fingerprint density at radius 1 is 1.21 bits per heavy atom. The monoisotopic (exact) mass is 421 g/mol. The van der Waals surface area contributed by atoms with Crippen LogP contribution in [0.4, 0.5) is 10.1 Å². The second-order valence-electron chi connectivity index (χ2n) is 6.82. The highest BCUT2D eigenvalue weighted by molar-refractivity contribution is 7.80. The van der Waals surface area contributed by atoms with Crippen molar-refractivity contribution in [2.45, 2.75) is 25.3 Å². The number of piperidine rings is 1. The molecule has 7 heteroatoms. The predicted octanol–water partition coefficient (Wildman–Crippen LogP) is 5.00. The highest BCUT2D eigenvalue weighted by atomic mass is 35.5. The average molecular weight is 422 g/mol. The Kier molecular flexibility index (Phi) is 7.48. The van der Waals surface area contributed by atoms with Crippen molar-refractivity contribution in [2.75, 3.05) is 32.1 Å². The van der Waals surface area contributed by atoms with E-state index in [0.29, 0.717) is 17.3 Å². The summed E-state index contributed by atoms with van der Waals surface area (Å²) in [5.74, 6) is 0.427. The molecule has 0 aromatic heterocycles. The van der Waals surface area contributed by atoms with E-state index in [4.69, 9.17) is 28.6 Å². The highest BCUT2D eigenvalue weighted by Gasteiger charge is 2.25. The van der Waals surface area contributed by atoms with E-state index in [2.05, 4.69) is 21.6 Å². The first-order valence-corrected chi connectivity index (χ1v) is 10.2. The molecule has 1 heterocycles. The van der Waals surface area contributed by atoms with Crippen LogP contribution in [0.2, 0.25) is 5.02 Å². The van der Waals surface area contributed by atoms with Gasteiger partial charge in [-0.05, 0) is 62.4 Å². The SMILES string of the molecule is COc1ccccc1C(CNC(=S)Nc1ccc(F)c(Cl)c1)N1CCCCC1. The molecule has 0 bridgehead atoms. The van der Waals surface area contributed by atoms with Gasteiger partial charge in [0.15, 0.2) is 5.11 Å². The topological polar surface area (TPSA) is 36.5 Å². The molecule has 0 aliphatic carbocycles. The van der Waals surface area contributed by atoms with Gasteiger partial charge in [-0.25, -0.2) is 4.39 Å². The number of ether oxygens (including phenoxy) is 1. The van der Waals surface area contributed by atoms with E-state index < -0.39 is 5.82 Å². The summed E-state index contributed by atoms with van der Waals surface area (Å²) in [5.41, 5.74) is 1.79. The Balaban J connectivity index is 1.70. The summed E-state index contributed by atoms with van der Waals surface area (Å²) >= 11 is 11.3. The molecule has 1 saturated heterocycles. The number of para-hydroxylation sites is 1. The lowest BCUT2D eigenvalue weighted by Crippen LogP contribution is -2.41. The Morgan fingerprint density at radius 2 is 1.96 bits per heavy atom. The molecule has 2 aromatic rings. The van der Waals surface area contributed by atoms with Crippen LogP contribution in [0.25, 0.3) is 0 Å². The lowest BCUT2D eigenvalue weighted by Gasteiger charge is -2.35. The number of nitrogens with one attached hydrogen (secondary N) is 2. The minimum atomic E-state index is -0.451. The zero-order valence-corrected chi connectivity index (χ0v) is 17.5. The van der Waals surface area contributed by atoms with Crippen LogP contribution in [0.5, 0.6) is 5.75 Å². The van der Waals surface area contributed by atoms with Crippen LogP contribution >= 0.6 is 23.8 Å². The van der Waals surface area contributed by atoms with Crippen molar-refractivity contribution < 1.29 is 9.13 Å². The smallest absolute Gasteiger partial charge is 0.170 e. The van der Waals surface area contributed by atoms with Crippen LogP contribution in [0.1, 0.15) is 30.9 Å². The van der Waals surface area contributed by atoms with Gasteiger partial charge in [0.1, 0.15) is 11.6 Å². The Hall–Kier alpha value is -1.89. The second kappa shape index (κ2) is 10.0. The Morgan fingerprint density at radius 3 is 2.68 bits per heavy atom. The maximum Gasteiger partial charge on any atom is 0.170 e. The van der Waals surface area contributed by atoms with Gasteiger partial charge in [-0.2, -0.15) is 0 Å². The molecule has 2 N–H and O–H groups in total. The minimum Gasteiger partial charge on any atom is -0.496 e. The molecule has 0 amide bonds. The minimum absolute atomic E-state index is 0.0630. The number of methoxy groups -OCH3 is 1. The third kappa shape index (κ3) is 5.34. The highest BCUT2D eigenvalue weighted by Crippen LogP contribution is 2.31. The van der Waals surface area contributed by atoms with Crippen molar-refractivity contribution in [1.82, 2.24) is 10.2 Å². The van der Waals surface area contributed by atoms with Crippen molar-refractivity contribution in [1.29, 1.82) is 0 Å². The summed E-state index contributed by atoms with van der Waals surface area (Å²) in [5, 5.41) is 6.90. The number of rotatable bonds is 6. The molecule has 150 valence electrons. The molecule has 2 aromatic carbocycles. The van der Waals surface area contributed by atoms with E-state index in [0.717, 1.165) is 24.4 Å². The van der Waals surface area contributed by atoms with E-state index in [-0.39, 0.29) is 11.1 Å². The molecular formula is C21H25ClFN3OS. The molecule has 4 nitrogen and oxygen atoms in total. The molecule has 1 fully saturated rings. The van der Waals surface area contributed by atoms with Crippen molar-refractivity contribution in [3.8, 4) is 5.75 Å². The quantitative estimate of drug-likeness (QED) is 0.642. The van der Waals surface area contributed by atoms with Gasteiger partial charge in [-0.15, -0.1) is 0 Å². The second-order valence-corrected chi connectivity index (χ2v) is 7.63. The van der Waals surface area contributed by atoms with Crippen molar-refractivity contribution in [2.24, 2.45) is 0 Å². The molecule has 1 atom stereocenters. The van der Waals surface area contributed by atoms with Crippen molar-refractivity contribution in [3.63, 3.8) is 0 Å². The maximum absolute atomic E-state index is 13.3.